The summed E-state index contributed by atoms with van der Waals surface area (Å²) in [6, 6.07) is 13.1. The van der Waals surface area contributed by atoms with E-state index in [-0.39, 0.29) is 17.8 Å². The molecule has 2 aliphatic rings. The summed E-state index contributed by atoms with van der Waals surface area (Å²) in [7, 11) is 1.32. The molecule has 3 atom stereocenters. The standard InChI is InChI=1S/C27H32N2O5/c1-6-33-22-14-17(11-12-21(22)34-15(2)3)25-24-20(28-18-9-7-8-10-19(18)29-25)13-16(4)23(26(24)30)27(31)32-5/h7-12,14-16,23,25,28-29H,6,13H2,1-5H3/t16-,23+,25+/m1/s1. The van der Waals surface area contributed by atoms with Crippen LogP contribution in [0, 0.1) is 11.8 Å². The number of fused-ring (bicyclic) bond motifs is 1. The van der Waals surface area contributed by atoms with Gasteiger partial charge in [-0.2, -0.15) is 0 Å². The number of ketones is 1. The minimum absolute atomic E-state index is 0.00586. The number of carbonyl (C=O) groups excluding carboxylic acids is 2. The topological polar surface area (TPSA) is 85.9 Å². The first-order chi connectivity index (χ1) is 16.3. The van der Waals surface area contributed by atoms with Crippen molar-refractivity contribution in [2.75, 3.05) is 24.4 Å². The van der Waals surface area contributed by atoms with Crippen molar-refractivity contribution in [3.8, 4) is 11.5 Å². The Bertz CT molecular complexity index is 1120. The quantitative estimate of drug-likeness (QED) is 0.454. The molecule has 0 aromatic heterocycles. The Hall–Kier alpha value is -3.48. The van der Waals surface area contributed by atoms with Crippen LogP contribution in [0.4, 0.5) is 11.4 Å². The number of methoxy groups -OCH3 is 1. The lowest BCUT2D eigenvalue weighted by atomic mass is 9.75. The fourth-order valence-electron chi connectivity index (χ4n) is 4.71. The molecule has 0 radical (unpaired) electrons. The van der Waals surface area contributed by atoms with Gasteiger partial charge in [0.1, 0.15) is 5.92 Å². The van der Waals surface area contributed by atoms with Gasteiger partial charge < -0.3 is 24.8 Å². The molecule has 0 amide bonds. The van der Waals surface area contributed by atoms with E-state index in [0.29, 0.717) is 30.1 Å². The van der Waals surface area contributed by atoms with Crippen LogP contribution in [0.5, 0.6) is 11.5 Å². The number of benzene rings is 2. The van der Waals surface area contributed by atoms with Gasteiger partial charge in [-0.3, -0.25) is 9.59 Å². The molecule has 0 fully saturated rings. The molecule has 0 spiro atoms. The van der Waals surface area contributed by atoms with Crippen LogP contribution in [0.1, 0.15) is 45.7 Å². The molecule has 0 bridgehead atoms. The molecule has 2 N–H and O–H groups in total. The van der Waals surface area contributed by atoms with E-state index < -0.39 is 17.9 Å². The van der Waals surface area contributed by atoms with E-state index in [4.69, 9.17) is 14.2 Å². The first-order valence-corrected chi connectivity index (χ1v) is 11.7. The largest absolute Gasteiger partial charge is 0.490 e. The zero-order valence-electron chi connectivity index (χ0n) is 20.3. The van der Waals surface area contributed by atoms with Crippen LogP contribution in [0.2, 0.25) is 0 Å². The third-order valence-electron chi connectivity index (χ3n) is 6.19. The monoisotopic (exact) mass is 464 g/mol. The number of hydrogen-bond donors (Lipinski definition) is 2. The fraction of sp³-hybridized carbons (Fsp3) is 0.407. The highest BCUT2D eigenvalue weighted by Crippen LogP contribution is 2.45. The van der Waals surface area contributed by atoms with Crippen LogP contribution in [-0.2, 0) is 14.3 Å². The highest BCUT2D eigenvalue weighted by Gasteiger charge is 2.44. The first-order valence-electron chi connectivity index (χ1n) is 11.7. The number of rotatable bonds is 6. The number of hydrogen-bond acceptors (Lipinski definition) is 7. The molecule has 0 saturated carbocycles. The van der Waals surface area contributed by atoms with Crippen LogP contribution in [-0.4, -0.2) is 31.6 Å². The molecular weight excluding hydrogens is 432 g/mol. The lowest BCUT2D eigenvalue weighted by Gasteiger charge is -2.32. The van der Waals surface area contributed by atoms with Crippen LogP contribution in [0.15, 0.2) is 53.7 Å². The van der Waals surface area contributed by atoms with Gasteiger partial charge in [-0.1, -0.05) is 25.1 Å². The van der Waals surface area contributed by atoms with Crippen molar-refractivity contribution in [1.82, 2.24) is 0 Å². The minimum Gasteiger partial charge on any atom is -0.490 e. The van der Waals surface area contributed by atoms with Crippen LogP contribution in [0.25, 0.3) is 0 Å². The Morgan fingerprint density at radius 1 is 1.12 bits per heavy atom. The van der Waals surface area contributed by atoms with Gasteiger partial charge in [0, 0.05) is 11.3 Å². The first kappa shape index (κ1) is 23.7. The summed E-state index contributed by atoms with van der Waals surface area (Å²) in [6.45, 7) is 8.24. The number of ether oxygens (including phenoxy) is 3. The second-order valence-electron chi connectivity index (χ2n) is 8.99. The van der Waals surface area contributed by atoms with E-state index in [1.165, 1.54) is 7.11 Å². The zero-order valence-corrected chi connectivity index (χ0v) is 20.3. The van der Waals surface area contributed by atoms with Crippen LogP contribution < -0.4 is 20.1 Å². The number of esters is 1. The Morgan fingerprint density at radius 3 is 2.53 bits per heavy atom. The smallest absolute Gasteiger partial charge is 0.316 e. The molecule has 2 aromatic rings. The molecule has 180 valence electrons. The van der Waals surface area contributed by atoms with E-state index in [0.717, 1.165) is 22.6 Å². The summed E-state index contributed by atoms with van der Waals surface area (Å²) in [5.74, 6) is -0.481. The molecule has 34 heavy (non-hydrogen) atoms. The molecule has 4 rings (SSSR count). The van der Waals surface area contributed by atoms with Gasteiger partial charge in [0.15, 0.2) is 17.3 Å². The van der Waals surface area contributed by atoms with Crippen molar-refractivity contribution in [3.05, 3.63) is 59.3 Å². The summed E-state index contributed by atoms with van der Waals surface area (Å²) in [4.78, 5) is 26.3. The maximum absolute atomic E-state index is 13.8. The lowest BCUT2D eigenvalue weighted by molar-refractivity contribution is -0.151. The normalized spacial score (nSPS) is 21.6. The average Bonchev–Trinajstić information content (AvgIpc) is 2.96. The van der Waals surface area contributed by atoms with Gasteiger partial charge in [0.05, 0.1) is 37.2 Å². The summed E-state index contributed by atoms with van der Waals surface area (Å²) < 4.78 is 16.8. The SMILES string of the molecule is CCOc1cc([C@@H]2Nc3ccccc3NC3=C2C(=O)[C@@H](C(=O)OC)[C@H](C)C3)ccc1OC(C)C. The Morgan fingerprint density at radius 2 is 1.85 bits per heavy atom. The van der Waals surface area contributed by atoms with Crippen molar-refractivity contribution in [1.29, 1.82) is 0 Å². The highest BCUT2D eigenvalue weighted by molar-refractivity contribution is 6.11. The number of nitrogens with one attached hydrogen (secondary N) is 2. The van der Waals surface area contributed by atoms with Crippen molar-refractivity contribution >= 4 is 23.1 Å². The number of para-hydroxylation sites is 2. The second kappa shape index (κ2) is 9.79. The van der Waals surface area contributed by atoms with Crippen LogP contribution >= 0.6 is 0 Å². The number of allylic oxidation sites excluding steroid dienone is 1. The van der Waals surface area contributed by atoms with Gasteiger partial charge >= 0.3 is 5.97 Å². The van der Waals surface area contributed by atoms with E-state index in [1.807, 2.05) is 70.2 Å². The van der Waals surface area contributed by atoms with Gasteiger partial charge in [-0.15, -0.1) is 0 Å². The molecule has 1 aliphatic carbocycles. The van der Waals surface area contributed by atoms with Crippen molar-refractivity contribution in [3.63, 3.8) is 0 Å². The van der Waals surface area contributed by atoms with Crippen molar-refractivity contribution < 1.29 is 23.8 Å². The molecule has 7 heteroatoms. The Labute approximate surface area is 200 Å². The van der Waals surface area contributed by atoms with E-state index in [2.05, 4.69) is 10.6 Å². The summed E-state index contributed by atoms with van der Waals surface area (Å²) in [5.41, 5.74) is 3.97. The van der Waals surface area contributed by atoms with Gasteiger partial charge in [-0.05, 0) is 62.9 Å². The predicted octanol–water partition coefficient (Wildman–Crippen LogP) is 5.10. The highest BCUT2D eigenvalue weighted by atomic mass is 16.5. The van der Waals surface area contributed by atoms with Gasteiger partial charge in [0.2, 0.25) is 0 Å². The van der Waals surface area contributed by atoms with E-state index in [1.54, 1.807) is 0 Å². The second-order valence-corrected chi connectivity index (χ2v) is 8.99. The van der Waals surface area contributed by atoms with E-state index >= 15 is 0 Å². The predicted molar refractivity (Wildman–Crippen MR) is 131 cm³/mol. The molecule has 1 aliphatic heterocycles. The number of Topliss-reactive ketones (excluding diaryl/α,β-unsaturated/α-hetero) is 1. The third-order valence-corrected chi connectivity index (χ3v) is 6.19. The average molecular weight is 465 g/mol. The molecule has 2 aromatic carbocycles. The summed E-state index contributed by atoms with van der Waals surface area (Å²) in [6.07, 6.45) is 0.550. The lowest BCUT2D eigenvalue weighted by Crippen LogP contribution is -2.39. The molecule has 0 unspecified atom stereocenters. The maximum atomic E-state index is 13.8. The number of carbonyl (C=O) groups is 2. The Kier molecular flexibility index (Phi) is 6.82. The van der Waals surface area contributed by atoms with Crippen LogP contribution in [0.3, 0.4) is 0 Å². The summed E-state index contributed by atoms with van der Waals surface area (Å²) in [5, 5.41) is 7.00. The molecule has 0 saturated heterocycles. The van der Waals surface area contributed by atoms with Gasteiger partial charge in [0.25, 0.3) is 0 Å². The minimum atomic E-state index is -0.842. The molecular formula is C27H32N2O5. The van der Waals surface area contributed by atoms with Crippen molar-refractivity contribution in [2.45, 2.75) is 46.3 Å². The third kappa shape index (κ3) is 4.47. The number of anilines is 2. The summed E-state index contributed by atoms with van der Waals surface area (Å²) >= 11 is 0. The molecule has 7 nitrogen and oxygen atoms in total. The van der Waals surface area contributed by atoms with Crippen molar-refractivity contribution in [2.24, 2.45) is 11.8 Å². The zero-order chi connectivity index (χ0) is 24.4. The van der Waals surface area contributed by atoms with Gasteiger partial charge in [-0.25, -0.2) is 0 Å². The Balaban J connectivity index is 1.85. The maximum Gasteiger partial charge on any atom is 0.316 e. The van der Waals surface area contributed by atoms with E-state index in [9.17, 15) is 9.59 Å². The fourth-order valence-corrected chi connectivity index (χ4v) is 4.71. The molecule has 1 heterocycles.